The van der Waals surface area contributed by atoms with Crippen LogP contribution in [0.4, 0.5) is 0 Å². The van der Waals surface area contributed by atoms with Crippen LogP contribution in [0.3, 0.4) is 0 Å². The summed E-state index contributed by atoms with van der Waals surface area (Å²) in [5.41, 5.74) is 7.43. The van der Waals surface area contributed by atoms with Gasteiger partial charge >= 0.3 is 0 Å². The average molecular weight is 248 g/mol. The van der Waals surface area contributed by atoms with Gasteiger partial charge in [-0.05, 0) is 38.8 Å². The number of likely N-dealkylation sites (N-methyl/N-ethyl adjacent to an activating group) is 1. The summed E-state index contributed by atoms with van der Waals surface area (Å²) in [4.78, 5) is 7.38. The third kappa shape index (κ3) is 2.19. The third-order valence-corrected chi connectivity index (χ3v) is 4.46. The SMILES string of the molecule is CCN1CCCC(c2cn3c(n2)CCCC3N)C1. The van der Waals surface area contributed by atoms with Crippen LogP contribution in [0.2, 0.25) is 0 Å². The second-order valence-electron chi connectivity index (χ2n) is 5.68. The lowest BCUT2D eigenvalue weighted by Gasteiger charge is -2.30. The van der Waals surface area contributed by atoms with Crippen molar-refractivity contribution in [1.29, 1.82) is 0 Å². The number of rotatable bonds is 2. The van der Waals surface area contributed by atoms with Crippen molar-refractivity contribution in [1.82, 2.24) is 14.5 Å². The Bertz CT molecular complexity index is 412. The van der Waals surface area contributed by atoms with Gasteiger partial charge in [0.25, 0.3) is 0 Å². The zero-order chi connectivity index (χ0) is 12.5. The van der Waals surface area contributed by atoms with Crippen LogP contribution in [-0.4, -0.2) is 34.1 Å². The monoisotopic (exact) mass is 248 g/mol. The predicted octanol–water partition coefficient (Wildman–Crippen LogP) is 1.88. The molecule has 2 atom stereocenters. The van der Waals surface area contributed by atoms with E-state index in [2.05, 4.69) is 22.6 Å². The van der Waals surface area contributed by atoms with Crippen molar-refractivity contribution < 1.29 is 0 Å². The molecular formula is C14H24N4. The van der Waals surface area contributed by atoms with E-state index in [0.717, 1.165) is 19.4 Å². The minimum absolute atomic E-state index is 0.154. The number of nitrogens with two attached hydrogens (primary N) is 1. The number of piperidine rings is 1. The molecule has 2 aliphatic rings. The van der Waals surface area contributed by atoms with Crippen LogP contribution in [0.5, 0.6) is 0 Å². The standard InChI is InChI=1S/C14H24N4/c1-2-17-8-4-5-11(9-17)12-10-18-13(15)6-3-7-14(18)16-12/h10-11,13H,2-9,15H2,1H3. The molecule has 0 spiro atoms. The maximum absolute atomic E-state index is 6.16. The van der Waals surface area contributed by atoms with Crippen molar-refractivity contribution in [2.45, 2.75) is 51.1 Å². The molecule has 4 nitrogen and oxygen atoms in total. The molecule has 1 aromatic rings. The third-order valence-electron chi connectivity index (χ3n) is 4.46. The minimum Gasteiger partial charge on any atom is -0.319 e. The molecule has 1 fully saturated rings. The van der Waals surface area contributed by atoms with Crippen LogP contribution >= 0.6 is 0 Å². The maximum atomic E-state index is 6.16. The highest BCUT2D eigenvalue weighted by molar-refractivity contribution is 5.13. The summed E-state index contributed by atoms with van der Waals surface area (Å²) in [5.74, 6) is 1.82. The average Bonchev–Trinajstić information content (AvgIpc) is 2.84. The molecule has 3 heterocycles. The fraction of sp³-hybridized carbons (Fsp3) is 0.786. The number of hydrogen-bond acceptors (Lipinski definition) is 3. The Balaban J connectivity index is 1.80. The van der Waals surface area contributed by atoms with Crippen molar-refractivity contribution in [3.05, 3.63) is 17.7 Å². The van der Waals surface area contributed by atoms with Crippen LogP contribution in [0.15, 0.2) is 6.20 Å². The van der Waals surface area contributed by atoms with Gasteiger partial charge in [-0.3, -0.25) is 0 Å². The van der Waals surface area contributed by atoms with Gasteiger partial charge in [0.1, 0.15) is 5.82 Å². The highest BCUT2D eigenvalue weighted by atomic mass is 15.2. The first-order valence-electron chi connectivity index (χ1n) is 7.33. The Morgan fingerprint density at radius 1 is 1.39 bits per heavy atom. The second-order valence-corrected chi connectivity index (χ2v) is 5.68. The zero-order valence-electron chi connectivity index (χ0n) is 11.3. The van der Waals surface area contributed by atoms with E-state index in [1.165, 1.54) is 43.9 Å². The van der Waals surface area contributed by atoms with Crippen molar-refractivity contribution >= 4 is 0 Å². The van der Waals surface area contributed by atoms with Gasteiger partial charge in [-0.1, -0.05) is 6.92 Å². The predicted molar refractivity (Wildman–Crippen MR) is 72.5 cm³/mol. The smallest absolute Gasteiger partial charge is 0.110 e. The summed E-state index contributed by atoms with van der Waals surface area (Å²) in [5, 5.41) is 0. The minimum atomic E-state index is 0.154. The van der Waals surface area contributed by atoms with E-state index in [1.54, 1.807) is 0 Å². The number of aromatic nitrogens is 2. The molecule has 2 aliphatic heterocycles. The van der Waals surface area contributed by atoms with E-state index in [1.807, 2.05) is 0 Å². The first kappa shape index (κ1) is 12.2. The van der Waals surface area contributed by atoms with Gasteiger partial charge in [0, 0.05) is 25.1 Å². The quantitative estimate of drug-likeness (QED) is 0.869. The lowest BCUT2D eigenvalue weighted by Crippen LogP contribution is -2.34. The van der Waals surface area contributed by atoms with Gasteiger partial charge < -0.3 is 15.2 Å². The Morgan fingerprint density at radius 2 is 2.28 bits per heavy atom. The molecule has 0 saturated carbocycles. The molecule has 4 heteroatoms. The summed E-state index contributed by atoms with van der Waals surface area (Å²) in [6, 6.07) is 0. The first-order chi connectivity index (χ1) is 8.78. The number of fused-ring (bicyclic) bond motifs is 1. The van der Waals surface area contributed by atoms with E-state index >= 15 is 0 Å². The van der Waals surface area contributed by atoms with Crippen LogP contribution < -0.4 is 5.73 Å². The Morgan fingerprint density at radius 3 is 3.06 bits per heavy atom. The van der Waals surface area contributed by atoms with Gasteiger partial charge in [-0.2, -0.15) is 0 Å². The van der Waals surface area contributed by atoms with Crippen molar-refractivity contribution in [3.8, 4) is 0 Å². The van der Waals surface area contributed by atoms with Crippen LogP contribution in [0.1, 0.15) is 56.2 Å². The molecule has 0 aromatic carbocycles. The van der Waals surface area contributed by atoms with E-state index in [9.17, 15) is 0 Å². The van der Waals surface area contributed by atoms with E-state index in [4.69, 9.17) is 10.7 Å². The highest BCUT2D eigenvalue weighted by Crippen LogP contribution is 2.29. The van der Waals surface area contributed by atoms with Gasteiger partial charge in [-0.15, -0.1) is 0 Å². The van der Waals surface area contributed by atoms with Gasteiger partial charge in [-0.25, -0.2) is 4.98 Å². The van der Waals surface area contributed by atoms with Crippen molar-refractivity contribution in [2.75, 3.05) is 19.6 Å². The lowest BCUT2D eigenvalue weighted by molar-refractivity contribution is 0.216. The number of aryl methyl sites for hydroxylation is 1. The molecule has 3 rings (SSSR count). The van der Waals surface area contributed by atoms with Gasteiger partial charge in [0.05, 0.1) is 11.9 Å². The highest BCUT2D eigenvalue weighted by Gasteiger charge is 2.25. The molecular weight excluding hydrogens is 224 g/mol. The summed E-state index contributed by atoms with van der Waals surface area (Å²) < 4.78 is 2.21. The number of likely N-dealkylation sites (tertiary alicyclic amines) is 1. The summed E-state index contributed by atoms with van der Waals surface area (Å²) in [6.45, 7) is 5.82. The van der Waals surface area contributed by atoms with Crippen molar-refractivity contribution in [3.63, 3.8) is 0 Å². The molecule has 18 heavy (non-hydrogen) atoms. The van der Waals surface area contributed by atoms with E-state index < -0.39 is 0 Å². The maximum Gasteiger partial charge on any atom is 0.110 e. The van der Waals surface area contributed by atoms with Crippen LogP contribution in [0.25, 0.3) is 0 Å². The Hall–Kier alpha value is -0.870. The second kappa shape index (κ2) is 5.02. The van der Waals surface area contributed by atoms with Gasteiger partial charge in [0.15, 0.2) is 0 Å². The van der Waals surface area contributed by atoms with E-state index in [0.29, 0.717) is 5.92 Å². The normalized spacial score (nSPS) is 29.2. The zero-order valence-corrected chi connectivity index (χ0v) is 11.3. The van der Waals surface area contributed by atoms with Gasteiger partial charge in [0.2, 0.25) is 0 Å². The fourth-order valence-corrected chi connectivity index (χ4v) is 3.31. The molecule has 2 unspecified atom stereocenters. The molecule has 100 valence electrons. The number of nitrogens with zero attached hydrogens (tertiary/aromatic N) is 3. The molecule has 0 aliphatic carbocycles. The Labute approximate surface area is 109 Å². The Kier molecular flexibility index (Phi) is 3.39. The lowest BCUT2D eigenvalue weighted by atomic mass is 9.95. The first-order valence-corrected chi connectivity index (χ1v) is 7.33. The topological polar surface area (TPSA) is 47.1 Å². The molecule has 0 bridgehead atoms. The number of imidazole rings is 1. The summed E-state index contributed by atoms with van der Waals surface area (Å²) in [7, 11) is 0. The molecule has 1 aromatic heterocycles. The molecule has 2 N–H and O–H groups in total. The molecule has 1 saturated heterocycles. The van der Waals surface area contributed by atoms with Crippen LogP contribution in [-0.2, 0) is 6.42 Å². The molecule has 0 radical (unpaired) electrons. The fourth-order valence-electron chi connectivity index (χ4n) is 3.31. The van der Waals surface area contributed by atoms with Crippen molar-refractivity contribution in [2.24, 2.45) is 5.73 Å². The largest absolute Gasteiger partial charge is 0.319 e. The van der Waals surface area contributed by atoms with E-state index in [-0.39, 0.29) is 6.17 Å². The molecule has 0 amide bonds. The number of hydrogen-bond donors (Lipinski definition) is 1. The summed E-state index contributed by atoms with van der Waals surface area (Å²) in [6.07, 6.45) is 8.33. The van der Waals surface area contributed by atoms with Crippen LogP contribution in [0, 0.1) is 0 Å². The summed E-state index contributed by atoms with van der Waals surface area (Å²) >= 11 is 0.